The molecule has 0 spiro atoms. The van der Waals surface area contributed by atoms with Crippen molar-refractivity contribution in [2.45, 2.75) is 44.7 Å². The van der Waals surface area contributed by atoms with Gasteiger partial charge in [0.25, 0.3) is 0 Å². The Morgan fingerprint density at radius 2 is 2.00 bits per heavy atom. The molecule has 1 aromatic rings. The lowest BCUT2D eigenvalue weighted by atomic mass is 10.0. The molecule has 1 aromatic carbocycles. The summed E-state index contributed by atoms with van der Waals surface area (Å²) in [5.74, 6) is -0.0876. The Balaban J connectivity index is 1.76. The van der Waals surface area contributed by atoms with Gasteiger partial charge in [-0.2, -0.15) is 0 Å². The van der Waals surface area contributed by atoms with Gasteiger partial charge < -0.3 is 10.1 Å². The second-order valence-electron chi connectivity index (χ2n) is 4.84. The SMILES string of the molecule is CCOC(=O)C[C@@H]1CC[C@H](Cc2ccccc2)N1. The second kappa shape index (κ2) is 6.55. The van der Waals surface area contributed by atoms with Crippen molar-refractivity contribution >= 4 is 5.97 Å². The van der Waals surface area contributed by atoms with Crippen molar-refractivity contribution in [1.82, 2.24) is 5.32 Å². The van der Waals surface area contributed by atoms with Crippen LogP contribution in [0.15, 0.2) is 30.3 Å². The predicted molar refractivity (Wildman–Crippen MR) is 71.3 cm³/mol. The summed E-state index contributed by atoms with van der Waals surface area (Å²) < 4.78 is 4.98. The number of carbonyl (C=O) groups is 1. The Morgan fingerprint density at radius 1 is 1.28 bits per heavy atom. The van der Waals surface area contributed by atoms with E-state index in [0.717, 1.165) is 19.3 Å². The van der Waals surface area contributed by atoms with Crippen LogP contribution in [0.25, 0.3) is 0 Å². The van der Waals surface area contributed by atoms with E-state index in [9.17, 15) is 4.79 Å². The van der Waals surface area contributed by atoms with Crippen LogP contribution in [0.4, 0.5) is 0 Å². The van der Waals surface area contributed by atoms with Crippen LogP contribution in [0.2, 0.25) is 0 Å². The average Bonchev–Trinajstić information content (AvgIpc) is 2.78. The quantitative estimate of drug-likeness (QED) is 0.811. The summed E-state index contributed by atoms with van der Waals surface area (Å²) in [5, 5.41) is 3.53. The molecule has 0 aliphatic carbocycles. The van der Waals surface area contributed by atoms with Crippen molar-refractivity contribution in [3.63, 3.8) is 0 Å². The summed E-state index contributed by atoms with van der Waals surface area (Å²) in [6, 6.07) is 11.3. The van der Waals surface area contributed by atoms with Crippen molar-refractivity contribution in [3.05, 3.63) is 35.9 Å². The van der Waals surface area contributed by atoms with Gasteiger partial charge in [-0.05, 0) is 31.7 Å². The van der Waals surface area contributed by atoms with Crippen LogP contribution in [0.1, 0.15) is 31.7 Å². The number of benzene rings is 1. The highest BCUT2D eigenvalue weighted by atomic mass is 16.5. The lowest BCUT2D eigenvalue weighted by molar-refractivity contribution is -0.143. The zero-order valence-electron chi connectivity index (χ0n) is 10.9. The zero-order chi connectivity index (χ0) is 12.8. The van der Waals surface area contributed by atoms with Crippen molar-refractivity contribution in [1.29, 1.82) is 0 Å². The van der Waals surface area contributed by atoms with E-state index in [4.69, 9.17) is 4.74 Å². The summed E-state index contributed by atoms with van der Waals surface area (Å²) in [5.41, 5.74) is 1.35. The third kappa shape index (κ3) is 3.84. The molecule has 2 rings (SSSR count). The third-order valence-electron chi connectivity index (χ3n) is 3.38. The molecule has 1 aliphatic rings. The smallest absolute Gasteiger partial charge is 0.307 e. The van der Waals surface area contributed by atoms with E-state index in [1.54, 1.807) is 0 Å². The molecule has 1 heterocycles. The fraction of sp³-hybridized carbons (Fsp3) is 0.533. The highest BCUT2D eigenvalue weighted by Gasteiger charge is 2.25. The van der Waals surface area contributed by atoms with Crippen LogP contribution >= 0.6 is 0 Å². The van der Waals surface area contributed by atoms with Gasteiger partial charge in [0.05, 0.1) is 13.0 Å². The van der Waals surface area contributed by atoms with Gasteiger partial charge >= 0.3 is 5.97 Å². The maximum Gasteiger partial charge on any atom is 0.307 e. The van der Waals surface area contributed by atoms with Crippen LogP contribution in [0.5, 0.6) is 0 Å². The first-order valence-electron chi connectivity index (χ1n) is 6.73. The Kier molecular flexibility index (Phi) is 4.76. The van der Waals surface area contributed by atoms with E-state index in [0.29, 0.717) is 19.1 Å². The first-order chi connectivity index (χ1) is 8.78. The summed E-state index contributed by atoms with van der Waals surface area (Å²) in [6.07, 6.45) is 3.74. The van der Waals surface area contributed by atoms with E-state index in [1.807, 2.05) is 13.0 Å². The van der Waals surface area contributed by atoms with Crippen LogP contribution in [0, 0.1) is 0 Å². The first-order valence-corrected chi connectivity index (χ1v) is 6.73. The molecule has 0 radical (unpaired) electrons. The normalized spacial score (nSPS) is 22.9. The number of nitrogens with one attached hydrogen (secondary N) is 1. The van der Waals surface area contributed by atoms with Crippen LogP contribution in [-0.2, 0) is 16.0 Å². The average molecular weight is 247 g/mol. The first kappa shape index (κ1) is 13.1. The largest absolute Gasteiger partial charge is 0.466 e. The number of hydrogen-bond acceptors (Lipinski definition) is 3. The Bertz CT molecular complexity index is 377. The molecule has 1 saturated heterocycles. The molecule has 0 aromatic heterocycles. The standard InChI is InChI=1S/C15H21NO2/c1-2-18-15(17)11-14-9-8-13(16-14)10-12-6-4-3-5-7-12/h3-7,13-14,16H,2,8-11H2,1H3/t13-,14+/m1/s1. The minimum atomic E-state index is -0.0876. The van der Waals surface area contributed by atoms with Crippen LogP contribution in [-0.4, -0.2) is 24.7 Å². The van der Waals surface area contributed by atoms with Gasteiger partial charge in [-0.25, -0.2) is 0 Å². The van der Waals surface area contributed by atoms with Crippen molar-refractivity contribution in [2.24, 2.45) is 0 Å². The maximum absolute atomic E-state index is 11.4. The zero-order valence-corrected chi connectivity index (χ0v) is 10.9. The van der Waals surface area contributed by atoms with Crippen molar-refractivity contribution < 1.29 is 9.53 Å². The number of esters is 1. The third-order valence-corrected chi connectivity index (χ3v) is 3.38. The van der Waals surface area contributed by atoms with E-state index in [2.05, 4.69) is 29.6 Å². The van der Waals surface area contributed by atoms with Crippen LogP contribution in [0.3, 0.4) is 0 Å². The molecule has 3 heteroatoms. The molecular formula is C15H21NO2. The number of carbonyl (C=O) groups excluding carboxylic acids is 1. The fourth-order valence-electron chi connectivity index (χ4n) is 2.54. The predicted octanol–water partition coefficient (Wildman–Crippen LogP) is 2.30. The molecule has 1 aliphatic heterocycles. The monoisotopic (exact) mass is 247 g/mol. The summed E-state index contributed by atoms with van der Waals surface area (Å²) in [4.78, 5) is 11.4. The molecule has 1 N–H and O–H groups in total. The lowest BCUT2D eigenvalue weighted by Crippen LogP contribution is -2.32. The fourth-order valence-corrected chi connectivity index (χ4v) is 2.54. The molecule has 3 nitrogen and oxygen atoms in total. The van der Waals surface area contributed by atoms with E-state index < -0.39 is 0 Å². The Labute approximate surface area is 109 Å². The van der Waals surface area contributed by atoms with Gasteiger partial charge in [-0.3, -0.25) is 4.79 Å². The van der Waals surface area contributed by atoms with Crippen molar-refractivity contribution in [3.8, 4) is 0 Å². The highest BCUT2D eigenvalue weighted by molar-refractivity contribution is 5.70. The van der Waals surface area contributed by atoms with Gasteiger partial charge in [0.1, 0.15) is 0 Å². The number of rotatable bonds is 5. The molecular weight excluding hydrogens is 226 g/mol. The van der Waals surface area contributed by atoms with Gasteiger partial charge in [0, 0.05) is 12.1 Å². The molecule has 2 atom stereocenters. The minimum Gasteiger partial charge on any atom is -0.466 e. The van der Waals surface area contributed by atoms with Gasteiger partial charge in [0.15, 0.2) is 0 Å². The topological polar surface area (TPSA) is 38.3 Å². The van der Waals surface area contributed by atoms with E-state index in [-0.39, 0.29) is 12.0 Å². The summed E-state index contributed by atoms with van der Waals surface area (Å²) in [6.45, 7) is 2.32. The van der Waals surface area contributed by atoms with Crippen molar-refractivity contribution in [2.75, 3.05) is 6.61 Å². The molecule has 98 valence electrons. The molecule has 0 saturated carbocycles. The minimum absolute atomic E-state index is 0.0876. The molecule has 0 amide bonds. The summed E-state index contributed by atoms with van der Waals surface area (Å²) in [7, 11) is 0. The summed E-state index contributed by atoms with van der Waals surface area (Å²) >= 11 is 0. The number of hydrogen-bond donors (Lipinski definition) is 1. The maximum atomic E-state index is 11.4. The van der Waals surface area contributed by atoms with Gasteiger partial charge in [-0.1, -0.05) is 30.3 Å². The van der Waals surface area contributed by atoms with E-state index in [1.165, 1.54) is 5.56 Å². The van der Waals surface area contributed by atoms with Gasteiger partial charge in [0.2, 0.25) is 0 Å². The molecule has 18 heavy (non-hydrogen) atoms. The molecule has 1 fully saturated rings. The molecule has 0 unspecified atom stereocenters. The highest BCUT2D eigenvalue weighted by Crippen LogP contribution is 2.18. The Morgan fingerprint density at radius 3 is 2.72 bits per heavy atom. The van der Waals surface area contributed by atoms with Gasteiger partial charge in [-0.15, -0.1) is 0 Å². The lowest BCUT2D eigenvalue weighted by Gasteiger charge is -2.13. The number of ether oxygens (including phenoxy) is 1. The van der Waals surface area contributed by atoms with E-state index >= 15 is 0 Å². The Hall–Kier alpha value is -1.35. The second-order valence-corrected chi connectivity index (χ2v) is 4.84. The van der Waals surface area contributed by atoms with Crippen LogP contribution < -0.4 is 5.32 Å². The molecule has 0 bridgehead atoms.